The number of nitrogens with zero attached hydrogens (tertiary/aromatic N) is 2. The molecule has 17 heavy (non-hydrogen) atoms. The molecule has 0 fully saturated rings. The summed E-state index contributed by atoms with van der Waals surface area (Å²) >= 11 is 0. The molecule has 0 aliphatic heterocycles. The normalized spacial score (nSPS) is 15.5. The van der Waals surface area contributed by atoms with E-state index in [1.807, 2.05) is 20.8 Å². The van der Waals surface area contributed by atoms with Gasteiger partial charge in [-0.3, -0.25) is 9.97 Å². The van der Waals surface area contributed by atoms with Gasteiger partial charge in [-0.15, -0.1) is 0 Å². The van der Waals surface area contributed by atoms with Crippen molar-refractivity contribution in [2.45, 2.75) is 45.3 Å². The standard InChI is InChI=1S/C12H17N3O2/c1-12(2,3)17-11(16)15-8-6-9-10(7-8)14-5-4-13-9/h4-5,8H,6-7H2,1-3H3,(H,15,16). The molecular formula is C12H17N3O2. The molecule has 1 aromatic rings. The predicted molar refractivity (Wildman–Crippen MR) is 62.6 cm³/mol. The number of nitrogens with one attached hydrogen (secondary N) is 1. The lowest BCUT2D eigenvalue weighted by Gasteiger charge is -2.21. The first kappa shape index (κ1) is 11.8. The second kappa shape index (κ2) is 4.31. The zero-order chi connectivity index (χ0) is 12.5. The second-order valence-electron chi connectivity index (χ2n) is 5.20. The molecule has 2 rings (SSSR count). The zero-order valence-electron chi connectivity index (χ0n) is 10.4. The quantitative estimate of drug-likeness (QED) is 0.800. The van der Waals surface area contributed by atoms with Gasteiger partial charge in [0.2, 0.25) is 0 Å². The molecule has 0 saturated heterocycles. The molecule has 92 valence electrons. The Morgan fingerprint density at radius 1 is 1.29 bits per heavy atom. The lowest BCUT2D eigenvalue weighted by atomic mass is 10.2. The molecule has 1 amide bonds. The molecule has 0 radical (unpaired) electrons. The third kappa shape index (κ3) is 3.15. The Bertz CT molecular complexity index is 401. The fraction of sp³-hybridized carbons (Fsp3) is 0.583. The van der Waals surface area contributed by atoms with Crippen molar-refractivity contribution < 1.29 is 9.53 Å². The van der Waals surface area contributed by atoms with Crippen LogP contribution in [-0.2, 0) is 17.6 Å². The Kier molecular flexibility index (Phi) is 3.00. The number of carbonyl (C=O) groups is 1. The van der Waals surface area contributed by atoms with E-state index in [1.165, 1.54) is 0 Å². The van der Waals surface area contributed by atoms with Crippen LogP contribution in [0.15, 0.2) is 12.4 Å². The van der Waals surface area contributed by atoms with Gasteiger partial charge in [0.25, 0.3) is 0 Å². The number of amides is 1. The number of aromatic nitrogens is 2. The highest BCUT2D eigenvalue weighted by Crippen LogP contribution is 2.17. The van der Waals surface area contributed by atoms with Gasteiger partial charge in [-0.2, -0.15) is 0 Å². The molecule has 5 heteroatoms. The van der Waals surface area contributed by atoms with Crippen LogP contribution in [-0.4, -0.2) is 27.7 Å². The maximum Gasteiger partial charge on any atom is 0.407 e. The van der Waals surface area contributed by atoms with Gasteiger partial charge in [0.15, 0.2) is 0 Å². The molecule has 0 unspecified atom stereocenters. The molecule has 0 atom stereocenters. The predicted octanol–water partition coefficient (Wildman–Crippen LogP) is 1.47. The summed E-state index contributed by atoms with van der Waals surface area (Å²) in [5.41, 5.74) is 1.47. The second-order valence-corrected chi connectivity index (χ2v) is 5.20. The van der Waals surface area contributed by atoms with E-state index in [9.17, 15) is 4.79 Å². The minimum atomic E-state index is -0.466. The van der Waals surface area contributed by atoms with Crippen molar-refractivity contribution in [3.05, 3.63) is 23.8 Å². The van der Waals surface area contributed by atoms with Crippen molar-refractivity contribution in [1.29, 1.82) is 0 Å². The molecule has 1 aliphatic rings. The largest absolute Gasteiger partial charge is 0.444 e. The first-order valence-electron chi connectivity index (χ1n) is 5.72. The van der Waals surface area contributed by atoms with Crippen LogP contribution in [0.3, 0.4) is 0 Å². The van der Waals surface area contributed by atoms with Crippen LogP contribution < -0.4 is 5.32 Å². The number of alkyl carbamates (subject to hydrolysis) is 1. The summed E-state index contributed by atoms with van der Waals surface area (Å²) in [5, 5.41) is 2.84. The molecule has 1 N–H and O–H groups in total. The average Bonchev–Trinajstić information content (AvgIpc) is 2.55. The van der Waals surface area contributed by atoms with Crippen molar-refractivity contribution in [2.75, 3.05) is 0 Å². The summed E-state index contributed by atoms with van der Waals surface area (Å²) in [4.78, 5) is 20.1. The van der Waals surface area contributed by atoms with Gasteiger partial charge < -0.3 is 10.1 Å². The Morgan fingerprint density at radius 3 is 2.29 bits per heavy atom. The number of fused-ring (bicyclic) bond motifs is 1. The molecule has 1 heterocycles. The monoisotopic (exact) mass is 235 g/mol. The number of carbonyl (C=O) groups excluding carboxylic acids is 1. The van der Waals surface area contributed by atoms with E-state index in [0.717, 1.165) is 24.2 Å². The van der Waals surface area contributed by atoms with Gasteiger partial charge in [0, 0.05) is 31.3 Å². The highest BCUT2D eigenvalue weighted by Gasteiger charge is 2.26. The van der Waals surface area contributed by atoms with Crippen molar-refractivity contribution >= 4 is 6.09 Å². The summed E-state index contributed by atoms with van der Waals surface area (Å²) < 4.78 is 5.21. The fourth-order valence-corrected chi connectivity index (χ4v) is 1.85. The van der Waals surface area contributed by atoms with E-state index < -0.39 is 5.60 Å². The smallest absolute Gasteiger partial charge is 0.407 e. The number of hydrogen-bond donors (Lipinski definition) is 1. The Morgan fingerprint density at radius 2 is 1.82 bits per heavy atom. The molecule has 0 bridgehead atoms. The van der Waals surface area contributed by atoms with E-state index in [-0.39, 0.29) is 12.1 Å². The van der Waals surface area contributed by atoms with Gasteiger partial charge in [-0.05, 0) is 20.8 Å². The van der Waals surface area contributed by atoms with Crippen molar-refractivity contribution in [2.24, 2.45) is 0 Å². The zero-order valence-corrected chi connectivity index (χ0v) is 10.4. The lowest BCUT2D eigenvalue weighted by Crippen LogP contribution is -2.39. The average molecular weight is 235 g/mol. The van der Waals surface area contributed by atoms with Gasteiger partial charge in [0.1, 0.15) is 5.60 Å². The Hall–Kier alpha value is -1.65. The van der Waals surface area contributed by atoms with Crippen LogP contribution in [0.2, 0.25) is 0 Å². The summed E-state index contributed by atoms with van der Waals surface area (Å²) in [5.74, 6) is 0. The van der Waals surface area contributed by atoms with Gasteiger partial charge in [0.05, 0.1) is 11.4 Å². The molecule has 1 aliphatic carbocycles. The maximum atomic E-state index is 11.6. The first-order valence-corrected chi connectivity index (χ1v) is 5.72. The van der Waals surface area contributed by atoms with Gasteiger partial charge in [-0.1, -0.05) is 0 Å². The molecule has 0 aromatic carbocycles. The highest BCUT2D eigenvalue weighted by molar-refractivity contribution is 5.68. The summed E-state index contributed by atoms with van der Waals surface area (Å²) in [6.45, 7) is 5.54. The van der Waals surface area contributed by atoms with Crippen molar-refractivity contribution in [3.63, 3.8) is 0 Å². The van der Waals surface area contributed by atoms with Gasteiger partial charge in [-0.25, -0.2) is 4.79 Å². The first-order chi connectivity index (χ1) is 7.94. The fourth-order valence-electron chi connectivity index (χ4n) is 1.85. The molecular weight excluding hydrogens is 218 g/mol. The molecule has 5 nitrogen and oxygen atoms in total. The third-order valence-corrected chi connectivity index (χ3v) is 2.46. The molecule has 0 spiro atoms. The number of rotatable bonds is 1. The van der Waals surface area contributed by atoms with Crippen LogP contribution in [0.1, 0.15) is 32.2 Å². The Labute approximate surface area is 101 Å². The van der Waals surface area contributed by atoms with Crippen molar-refractivity contribution in [3.8, 4) is 0 Å². The van der Waals surface area contributed by atoms with Crippen LogP contribution in [0, 0.1) is 0 Å². The van der Waals surface area contributed by atoms with Crippen LogP contribution in [0.5, 0.6) is 0 Å². The topological polar surface area (TPSA) is 64.1 Å². The number of hydrogen-bond acceptors (Lipinski definition) is 4. The third-order valence-electron chi connectivity index (χ3n) is 2.46. The van der Waals surface area contributed by atoms with E-state index >= 15 is 0 Å². The SMILES string of the molecule is CC(C)(C)OC(=O)NC1Cc2nccnc2C1. The maximum absolute atomic E-state index is 11.6. The van der Waals surface area contributed by atoms with Crippen LogP contribution in [0.4, 0.5) is 4.79 Å². The molecule has 0 saturated carbocycles. The van der Waals surface area contributed by atoms with E-state index in [1.54, 1.807) is 12.4 Å². The number of ether oxygens (including phenoxy) is 1. The highest BCUT2D eigenvalue weighted by atomic mass is 16.6. The summed E-state index contributed by atoms with van der Waals surface area (Å²) in [6.07, 6.45) is 4.42. The lowest BCUT2D eigenvalue weighted by molar-refractivity contribution is 0.0506. The molecule has 1 aromatic heterocycles. The van der Waals surface area contributed by atoms with Crippen LogP contribution >= 0.6 is 0 Å². The van der Waals surface area contributed by atoms with Crippen LogP contribution in [0.25, 0.3) is 0 Å². The summed E-state index contributed by atoms with van der Waals surface area (Å²) in [6, 6.07) is 0.0437. The van der Waals surface area contributed by atoms with E-state index in [2.05, 4.69) is 15.3 Å². The van der Waals surface area contributed by atoms with E-state index in [4.69, 9.17) is 4.74 Å². The van der Waals surface area contributed by atoms with E-state index in [0.29, 0.717) is 0 Å². The minimum Gasteiger partial charge on any atom is -0.444 e. The summed E-state index contributed by atoms with van der Waals surface area (Å²) in [7, 11) is 0. The minimum absolute atomic E-state index is 0.0437. The van der Waals surface area contributed by atoms with Gasteiger partial charge >= 0.3 is 6.09 Å². The Balaban J connectivity index is 1.90. The van der Waals surface area contributed by atoms with Crippen molar-refractivity contribution in [1.82, 2.24) is 15.3 Å².